The number of non-ortho nitro benzene ring substituents is 1. The highest BCUT2D eigenvalue weighted by Gasteiger charge is 2.07. The number of halogens is 3. The molecule has 7 heteroatoms. The van der Waals surface area contributed by atoms with Crippen LogP contribution in [0.15, 0.2) is 36.4 Å². The first kappa shape index (κ1) is 14.9. The van der Waals surface area contributed by atoms with Crippen LogP contribution >= 0.6 is 34.8 Å². The van der Waals surface area contributed by atoms with Crippen LogP contribution in [0.25, 0.3) is 0 Å². The molecular formula is C13H9Cl3N2O2. The Hall–Kier alpha value is -1.49. The van der Waals surface area contributed by atoms with Crippen molar-refractivity contribution in [3.63, 3.8) is 0 Å². The Morgan fingerprint density at radius 3 is 2.20 bits per heavy atom. The van der Waals surface area contributed by atoms with Gasteiger partial charge in [-0.25, -0.2) is 0 Å². The number of nitro groups is 1. The van der Waals surface area contributed by atoms with E-state index in [0.717, 1.165) is 5.56 Å². The predicted octanol–water partition coefficient (Wildman–Crippen LogP) is 5.17. The average molecular weight is 332 g/mol. The Morgan fingerprint density at radius 2 is 1.60 bits per heavy atom. The summed E-state index contributed by atoms with van der Waals surface area (Å²) < 4.78 is 0. The Morgan fingerprint density at radius 1 is 1.00 bits per heavy atom. The zero-order valence-electron chi connectivity index (χ0n) is 10.1. The van der Waals surface area contributed by atoms with E-state index in [1.54, 1.807) is 24.3 Å². The summed E-state index contributed by atoms with van der Waals surface area (Å²) in [5, 5.41) is 14.9. The standard InChI is InChI=1S/C13H9Cl3N2O2/c14-10-5-12(16)13(6-11(10)15)17-7-8-1-3-9(4-2-8)18(19)20/h1-6,17H,7H2. The lowest BCUT2D eigenvalue weighted by atomic mass is 10.2. The van der Waals surface area contributed by atoms with E-state index in [4.69, 9.17) is 34.8 Å². The quantitative estimate of drug-likeness (QED) is 0.478. The lowest BCUT2D eigenvalue weighted by Gasteiger charge is -2.09. The van der Waals surface area contributed by atoms with Crippen molar-refractivity contribution >= 4 is 46.2 Å². The highest BCUT2D eigenvalue weighted by molar-refractivity contribution is 6.44. The first-order chi connectivity index (χ1) is 9.47. The molecule has 0 amide bonds. The van der Waals surface area contributed by atoms with E-state index < -0.39 is 4.92 Å². The summed E-state index contributed by atoms with van der Waals surface area (Å²) in [6, 6.07) is 9.45. The second kappa shape index (κ2) is 6.31. The molecule has 2 aromatic rings. The third-order valence-electron chi connectivity index (χ3n) is 2.64. The van der Waals surface area contributed by atoms with Crippen LogP contribution in [0.3, 0.4) is 0 Å². The summed E-state index contributed by atoms with van der Waals surface area (Å²) in [6.45, 7) is 0.468. The van der Waals surface area contributed by atoms with Crippen molar-refractivity contribution in [2.24, 2.45) is 0 Å². The van der Waals surface area contributed by atoms with Crippen LogP contribution < -0.4 is 5.32 Å². The maximum Gasteiger partial charge on any atom is 0.269 e. The van der Waals surface area contributed by atoms with E-state index in [0.29, 0.717) is 27.3 Å². The maximum atomic E-state index is 10.6. The Labute approximate surface area is 130 Å². The minimum absolute atomic E-state index is 0.0568. The number of rotatable bonds is 4. The number of benzene rings is 2. The molecule has 0 bridgehead atoms. The van der Waals surface area contributed by atoms with Gasteiger partial charge in [0, 0.05) is 18.7 Å². The van der Waals surface area contributed by atoms with Crippen molar-refractivity contribution in [2.45, 2.75) is 6.54 Å². The van der Waals surface area contributed by atoms with Gasteiger partial charge in [-0.15, -0.1) is 0 Å². The zero-order valence-corrected chi connectivity index (χ0v) is 12.3. The molecule has 2 aromatic carbocycles. The Kier molecular flexibility index (Phi) is 4.70. The van der Waals surface area contributed by atoms with E-state index in [1.807, 2.05) is 0 Å². The van der Waals surface area contributed by atoms with Crippen molar-refractivity contribution in [1.29, 1.82) is 0 Å². The van der Waals surface area contributed by atoms with E-state index in [1.165, 1.54) is 12.1 Å². The summed E-state index contributed by atoms with van der Waals surface area (Å²) in [5.74, 6) is 0. The first-order valence-electron chi connectivity index (χ1n) is 5.59. The fourth-order valence-electron chi connectivity index (χ4n) is 1.59. The second-order valence-electron chi connectivity index (χ2n) is 4.02. The molecule has 2 rings (SSSR count). The van der Waals surface area contributed by atoms with Gasteiger partial charge in [0.15, 0.2) is 0 Å². The lowest BCUT2D eigenvalue weighted by molar-refractivity contribution is -0.384. The average Bonchev–Trinajstić information content (AvgIpc) is 2.42. The van der Waals surface area contributed by atoms with Gasteiger partial charge in [0.05, 0.1) is 25.7 Å². The molecular weight excluding hydrogens is 323 g/mol. The van der Waals surface area contributed by atoms with Crippen molar-refractivity contribution < 1.29 is 4.92 Å². The molecule has 0 aliphatic heterocycles. The molecule has 0 aliphatic carbocycles. The molecule has 104 valence electrons. The highest BCUT2D eigenvalue weighted by atomic mass is 35.5. The van der Waals surface area contributed by atoms with Gasteiger partial charge in [0.2, 0.25) is 0 Å². The van der Waals surface area contributed by atoms with Crippen LogP contribution in [-0.2, 0) is 6.54 Å². The fraction of sp³-hybridized carbons (Fsp3) is 0.0769. The highest BCUT2D eigenvalue weighted by Crippen LogP contribution is 2.32. The van der Waals surface area contributed by atoms with Crippen molar-refractivity contribution in [1.82, 2.24) is 0 Å². The number of anilines is 1. The smallest absolute Gasteiger partial charge is 0.269 e. The van der Waals surface area contributed by atoms with Crippen molar-refractivity contribution in [3.05, 3.63) is 67.1 Å². The van der Waals surface area contributed by atoms with Crippen LogP contribution in [0.1, 0.15) is 5.56 Å². The van der Waals surface area contributed by atoms with Gasteiger partial charge in [-0.3, -0.25) is 10.1 Å². The largest absolute Gasteiger partial charge is 0.380 e. The van der Waals surface area contributed by atoms with Crippen LogP contribution in [0.2, 0.25) is 15.1 Å². The molecule has 0 radical (unpaired) electrons. The van der Waals surface area contributed by atoms with Crippen molar-refractivity contribution in [2.75, 3.05) is 5.32 Å². The molecule has 1 N–H and O–H groups in total. The lowest BCUT2D eigenvalue weighted by Crippen LogP contribution is -2.00. The topological polar surface area (TPSA) is 55.2 Å². The predicted molar refractivity (Wildman–Crippen MR) is 81.9 cm³/mol. The number of nitrogens with zero attached hydrogens (tertiary/aromatic N) is 1. The Bertz CT molecular complexity index is 645. The van der Waals surface area contributed by atoms with Crippen LogP contribution in [-0.4, -0.2) is 4.92 Å². The van der Waals surface area contributed by atoms with Gasteiger partial charge in [-0.05, 0) is 17.7 Å². The fourth-order valence-corrected chi connectivity index (χ4v) is 2.20. The second-order valence-corrected chi connectivity index (χ2v) is 5.24. The number of nitrogens with one attached hydrogen (secondary N) is 1. The molecule has 0 saturated heterocycles. The van der Waals surface area contributed by atoms with Gasteiger partial charge in [-0.2, -0.15) is 0 Å². The maximum absolute atomic E-state index is 10.6. The minimum atomic E-state index is -0.437. The summed E-state index contributed by atoms with van der Waals surface area (Å²) in [4.78, 5) is 10.1. The molecule has 20 heavy (non-hydrogen) atoms. The number of nitro benzene ring substituents is 1. The first-order valence-corrected chi connectivity index (χ1v) is 6.72. The third kappa shape index (κ3) is 3.54. The number of hydrogen-bond acceptors (Lipinski definition) is 3. The molecule has 4 nitrogen and oxygen atoms in total. The molecule has 0 heterocycles. The van der Waals surface area contributed by atoms with Crippen LogP contribution in [0.4, 0.5) is 11.4 Å². The molecule has 0 unspecified atom stereocenters. The molecule has 0 saturated carbocycles. The third-order valence-corrected chi connectivity index (χ3v) is 3.67. The van der Waals surface area contributed by atoms with E-state index in [-0.39, 0.29) is 5.69 Å². The normalized spacial score (nSPS) is 10.3. The molecule has 0 fully saturated rings. The summed E-state index contributed by atoms with van der Waals surface area (Å²) in [5.41, 5.74) is 1.60. The monoisotopic (exact) mass is 330 g/mol. The van der Waals surface area contributed by atoms with Crippen molar-refractivity contribution in [3.8, 4) is 0 Å². The van der Waals surface area contributed by atoms with E-state index >= 15 is 0 Å². The van der Waals surface area contributed by atoms with Gasteiger partial charge in [0.1, 0.15) is 0 Å². The summed E-state index contributed by atoms with van der Waals surface area (Å²) in [6.07, 6.45) is 0. The summed E-state index contributed by atoms with van der Waals surface area (Å²) in [7, 11) is 0. The minimum Gasteiger partial charge on any atom is -0.380 e. The van der Waals surface area contributed by atoms with E-state index in [2.05, 4.69) is 5.32 Å². The van der Waals surface area contributed by atoms with Gasteiger partial charge in [0.25, 0.3) is 5.69 Å². The SMILES string of the molecule is O=[N+]([O-])c1ccc(CNc2cc(Cl)c(Cl)cc2Cl)cc1. The molecule has 0 aromatic heterocycles. The summed E-state index contributed by atoms with van der Waals surface area (Å²) >= 11 is 17.8. The molecule has 0 atom stereocenters. The van der Waals surface area contributed by atoms with E-state index in [9.17, 15) is 10.1 Å². The molecule has 0 aliphatic rings. The van der Waals surface area contributed by atoms with Gasteiger partial charge in [-0.1, -0.05) is 46.9 Å². The number of hydrogen-bond donors (Lipinski definition) is 1. The van der Waals surface area contributed by atoms with Gasteiger partial charge >= 0.3 is 0 Å². The van der Waals surface area contributed by atoms with Crippen LogP contribution in [0, 0.1) is 10.1 Å². The van der Waals surface area contributed by atoms with Crippen LogP contribution in [0.5, 0.6) is 0 Å². The molecule has 0 spiro atoms. The zero-order chi connectivity index (χ0) is 14.7. The Balaban J connectivity index is 2.09. The van der Waals surface area contributed by atoms with Gasteiger partial charge < -0.3 is 5.32 Å².